The van der Waals surface area contributed by atoms with E-state index < -0.39 is 0 Å². The minimum absolute atomic E-state index is 0.0902. The van der Waals surface area contributed by atoms with E-state index in [4.69, 9.17) is 40.8 Å². The van der Waals surface area contributed by atoms with Crippen molar-refractivity contribution in [2.45, 2.75) is 128 Å². The van der Waals surface area contributed by atoms with E-state index in [1.54, 1.807) is 49.7 Å². The SMILES string of the molecule is COc1cc2[nH]ncc2c2c3c(c(-c4ccc(O)cc4)nc12)CCCC3.Cn1ncc2c3c4c(c(-c5ccc(O)cc5)nc3ccc21)CCCC4.N=C(N)c1ccc(-c2nc3ccc4[nH]ncc4c3c3c2CCCC3)cc1.Oc1ccc(-c2nc3cn[nH]c3c3c2CCCC3)cc1.c1n[nH]cc1-c1nc2ccc3[nH]ncc3c2c2c1CCCC2. The molecule has 8 aromatic carbocycles. The molecule has 19 aromatic rings. The first-order chi connectivity index (χ1) is 58.4. The summed E-state index contributed by atoms with van der Waals surface area (Å²) >= 11 is 0. The van der Waals surface area contributed by atoms with E-state index in [1.165, 1.54) is 147 Å². The molecule has 0 aliphatic heterocycles. The van der Waals surface area contributed by atoms with Crippen LogP contribution in [0.5, 0.6) is 23.0 Å². The fraction of sp³-hybridized carbons (Fsp3) is 0.229. The third-order valence-corrected chi connectivity index (χ3v) is 24.7. The zero-order valence-corrected chi connectivity index (χ0v) is 66.2. The average Bonchev–Trinajstić information content (AvgIpc) is 1.74. The second-order valence-corrected chi connectivity index (χ2v) is 31.7. The Morgan fingerprint density at radius 2 is 0.748 bits per heavy atom. The van der Waals surface area contributed by atoms with Crippen molar-refractivity contribution in [3.8, 4) is 79.3 Å². The number of nitrogens with zero attached hydrogens (tertiary/aromatic N) is 12. The van der Waals surface area contributed by atoms with Gasteiger partial charge in [-0.2, -0.15) is 30.6 Å². The zero-order valence-electron chi connectivity index (χ0n) is 66.2. The molecule has 5 aliphatic rings. The number of amidine groups is 1. The first-order valence-electron chi connectivity index (χ1n) is 41.3. The van der Waals surface area contributed by atoms with Gasteiger partial charge in [-0.15, -0.1) is 0 Å². The van der Waals surface area contributed by atoms with Crippen LogP contribution >= 0.6 is 0 Å². The summed E-state index contributed by atoms with van der Waals surface area (Å²) in [6.07, 6.45) is 36.0. The Bertz CT molecular complexity index is 7120. The lowest BCUT2D eigenvalue weighted by atomic mass is 9.85. The van der Waals surface area contributed by atoms with Crippen LogP contribution in [-0.4, -0.2) is 114 Å². The minimum atomic E-state index is 0.0902. The molecule has 24 rings (SSSR count). The summed E-state index contributed by atoms with van der Waals surface area (Å²) in [7, 11) is 3.66. The highest BCUT2D eigenvalue weighted by Crippen LogP contribution is 2.45. The third-order valence-electron chi connectivity index (χ3n) is 24.7. The topological polar surface area (TPSA) is 345 Å². The predicted octanol–water partition coefficient (Wildman–Crippen LogP) is 19.3. The fourth-order valence-corrected chi connectivity index (χ4v) is 19.1. The Morgan fingerprint density at radius 1 is 0.370 bits per heavy atom. The van der Waals surface area contributed by atoms with E-state index in [1.807, 2.05) is 116 Å². The molecule has 11 N–H and O–H groups in total. The Morgan fingerprint density at radius 3 is 1.20 bits per heavy atom. The molecule has 0 atom stereocenters. The largest absolute Gasteiger partial charge is 0.508 e. The predicted molar refractivity (Wildman–Crippen MR) is 469 cm³/mol. The van der Waals surface area contributed by atoms with Crippen LogP contribution in [-0.2, 0) is 71.3 Å². The van der Waals surface area contributed by atoms with Gasteiger partial charge in [0, 0.05) is 95.8 Å². The molecule has 0 radical (unpaired) electrons. The number of aromatic hydroxyl groups is 3. The van der Waals surface area contributed by atoms with Gasteiger partial charge in [0.25, 0.3) is 0 Å². The molecule has 23 nitrogen and oxygen atoms in total. The van der Waals surface area contributed by atoms with Crippen LogP contribution in [0.2, 0.25) is 0 Å². The van der Waals surface area contributed by atoms with E-state index in [-0.39, 0.29) is 23.1 Å². The molecule has 0 fully saturated rings. The van der Waals surface area contributed by atoms with Crippen LogP contribution in [0.25, 0.3) is 155 Å². The summed E-state index contributed by atoms with van der Waals surface area (Å²) < 4.78 is 7.58. The molecule has 590 valence electrons. The number of nitrogen functional groups attached to an aromatic ring is 1. The third kappa shape index (κ3) is 13.5. The van der Waals surface area contributed by atoms with E-state index >= 15 is 0 Å². The highest BCUT2D eigenvalue weighted by molar-refractivity contribution is 6.12. The number of aryl methyl sites for hydroxylation is 6. The van der Waals surface area contributed by atoms with Crippen molar-refractivity contribution in [1.82, 2.24) is 85.7 Å². The number of nitrogens with two attached hydrogens (primary N) is 1. The van der Waals surface area contributed by atoms with Crippen molar-refractivity contribution < 1.29 is 20.1 Å². The Labute approximate surface area is 683 Å². The number of hydrogen-bond donors (Lipinski definition) is 10. The molecular weight excluding hydrogens is 1480 g/mol. The molecule has 0 spiro atoms. The van der Waals surface area contributed by atoms with Crippen LogP contribution < -0.4 is 10.5 Å². The Balaban J connectivity index is 0.0000000956. The summed E-state index contributed by atoms with van der Waals surface area (Å²) in [6.45, 7) is 0. The summed E-state index contributed by atoms with van der Waals surface area (Å²) in [5, 5.41) is 86.4. The van der Waals surface area contributed by atoms with Gasteiger partial charge in [0.05, 0.1) is 117 Å². The standard InChI is InChI=1S/C21H19N5.C21H19N3O2.C21H19N3O.C17H15N5.C16H15N3O/c22-21(23)13-7-5-12(6-8-13)20-15-4-2-1-3-14(15)19-16-11-24-26-17(16)9-10-18(19)25-20;1-26-18-10-17-16(11-22-24-17)19-14-4-2-3-5-15(14)20(23-21(18)19)12-6-8-13(25)9-7-12;1-24-19-11-10-18-20(17(19)12-22-24)15-4-2-3-5-16(15)21(23-18)13-6-8-14(25)9-7-13;1-2-4-12-11(3-1)16-13-9-20-22-14(13)5-6-15(16)21-17(12)10-7-18-19-8-10;20-11-7-5-10(6-8-11)15-12-3-1-2-4-13(12)16-14(18-15)9-17-19-16/h5-11H,1-4H2,(H3,22,23)(H,24,26);6-11,25H,2-5H2,1H3,(H,22,24);6-12,25H,2-5H2,1H3;5-9H,1-4H2,(H,18,19)(H,20,22);5-9,20H,1-4H2,(H,17,19). The van der Waals surface area contributed by atoms with Crippen molar-refractivity contribution in [2.24, 2.45) is 12.8 Å². The molecule has 0 amide bonds. The van der Waals surface area contributed by atoms with Gasteiger partial charge < -0.3 is 25.8 Å². The van der Waals surface area contributed by atoms with E-state index in [0.29, 0.717) is 0 Å². The number of aromatic nitrogens is 17. The number of rotatable bonds is 7. The minimum Gasteiger partial charge on any atom is -0.508 e. The maximum absolute atomic E-state index is 9.64. The summed E-state index contributed by atoms with van der Waals surface area (Å²) in [4.78, 5) is 24.8. The van der Waals surface area contributed by atoms with Crippen LogP contribution in [0.1, 0.15) is 125 Å². The van der Waals surface area contributed by atoms with E-state index in [9.17, 15) is 15.3 Å². The second-order valence-electron chi connectivity index (χ2n) is 31.7. The summed E-state index contributed by atoms with van der Waals surface area (Å²) in [5.41, 5.74) is 40.9. The smallest absolute Gasteiger partial charge is 0.147 e. The number of phenols is 3. The first kappa shape index (κ1) is 73.7. The molecular formula is C96H87N19O4. The molecule has 0 saturated heterocycles. The summed E-state index contributed by atoms with van der Waals surface area (Å²) in [5.74, 6) is 1.68. The number of fused-ring (bicyclic) bond motifs is 23. The van der Waals surface area contributed by atoms with Gasteiger partial charge in [-0.05, 0) is 293 Å². The maximum Gasteiger partial charge on any atom is 0.147 e. The molecule has 11 heterocycles. The van der Waals surface area contributed by atoms with Gasteiger partial charge in [0.2, 0.25) is 0 Å². The number of aromatic amines is 5. The zero-order chi connectivity index (χ0) is 80.4. The highest BCUT2D eigenvalue weighted by Gasteiger charge is 2.29. The van der Waals surface area contributed by atoms with Crippen molar-refractivity contribution in [1.29, 1.82) is 5.41 Å². The van der Waals surface area contributed by atoms with E-state index in [0.717, 1.165) is 203 Å². The van der Waals surface area contributed by atoms with Crippen LogP contribution in [0.15, 0.2) is 183 Å². The van der Waals surface area contributed by atoms with Gasteiger partial charge in [0.1, 0.15) is 39.9 Å². The van der Waals surface area contributed by atoms with Gasteiger partial charge >= 0.3 is 0 Å². The fourth-order valence-electron chi connectivity index (χ4n) is 19.1. The van der Waals surface area contributed by atoms with Gasteiger partial charge in [0.15, 0.2) is 0 Å². The van der Waals surface area contributed by atoms with Crippen molar-refractivity contribution >= 4 is 104 Å². The number of H-pyrrole nitrogens is 5. The number of nitrogens with one attached hydrogen (secondary N) is 6. The highest BCUT2D eigenvalue weighted by atomic mass is 16.5. The Kier molecular flexibility index (Phi) is 19.2. The molecule has 119 heavy (non-hydrogen) atoms. The molecule has 23 heteroatoms. The van der Waals surface area contributed by atoms with Gasteiger partial charge in [-0.1, -0.05) is 24.3 Å². The van der Waals surface area contributed by atoms with Gasteiger partial charge in [-0.3, -0.25) is 35.6 Å². The second kappa shape index (κ2) is 31.1. The number of benzene rings is 8. The first-order valence-corrected chi connectivity index (χ1v) is 41.3. The number of pyridine rings is 5. The van der Waals surface area contributed by atoms with Crippen LogP contribution in [0.4, 0.5) is 0 Å². The van der Waals surface area contributed by atoms with Crippen molar-refractivity contribution in [2.75, 3.05) is 7.11 Å². The van der Waals surface area contributed by atoms with Crippen molar-refractivity contribution in [3.05, 3.63) is 244 Å². The van der Waals surface area contributed by atoms with Crippen LogP contribution in [0.3, 0.4) is 0 Å². The number of ether oxygens (including phenoxy) is 1. The molecule has 0 unspecified atom stereocenters. The lowest BCUT2D eigenvalue weighted by molar-refractivity contribution is 0.419. The Hall–Kier alpha value is -14.2. The van der Waals surface area contributed by atoms with Crippen molar-refractivity contribution in [3.63, 3.8) is 0 Å². The normalized spacial score (nSPS) is 14.1. The summed E-state index contributed by atoms with van der Waals surface area (Å²) in [6, 6.07) is 44.3. The van der Waals surface area contributed by atoms with E-state index in [2.05, 4.69) is 92.5 Å². The molecule has 0 saturated carbocycles. The quantitative estimate of drug-likeness (QED) is 0.0523. The van der Waals surface area contributed by atoms with Gasteiger partial charge in [-0.25, -0.2) is 24.9 Å². The monoisotopic (exact) mass is 1570 g/mol. The lowest BCUT2D eigenvalue weighted by Crippen LogP contribution is -2.11. The number of methoxy groups -OCH3 is 1. The number of hydrogen-bond acceptors (Lipinski definition) is 16. The maximum atomic E-state index is 9.64. The number of phenolic OH excluding ortho intramolecular Hbond substituents is 3. The average molecular weight is 1570 g/mol. The molecule has 5 aliphatic carbocycles. The molecule has 0 bridgehead atoms. The lowest BCUT2D eigenvalue weighted by Gasteiger charge is -2.22. The van der Waals surface area contributed by atoms with Crippen LogP contribution in [0, 0.1) is 5.41 Å². The molecule has 11 aromatic heterocycles.